The normalized spacial score (nSPS) is 24.7. The molecule has 4 atom stereocenters. The molecule has 0 radical (unpaired) electrons. The first-order chi connectivity index (χ1) is 12.5. The SMILES string of the molecule is O=C(O)CCC/C=C/C[C@H]1C(=O)C[C@@H](O)[C@@H]1/C=C/[C@@H](O)CCCCCO. The number of carboxylic acid groups (broad SMARTS) is 1. The van der Waals surface area contributed by atoms with Crippen LogP contribution in [0.1, 0.15) is 57.8 Å². The van der Waals surface area contributed by atoms with Crippen LogP contribution in [0.4, 0.5) is 0 Å². The van der Waals surface area contributed by atoms with E-state index in [2.05, 4.69) is 0 Å². The summed E-state index contributed by atoms with van der Waals surface area (Å²) >= 11 is 0. The van der Waals surface area contributed by atoms with Crippen molar-refractivity contribution in [1.29, 1.82) is 0 Å². The van der Waals surface area contributed by atoms with Gasteiger partial charge < -0.3 is 20.4 Å². The van der Waals surface area contributed by atoms with Crippen molar-refractivity contribution in [2.24, 2.45) is 11.8 Å². The predicted molar refractivity (Wildman–Crippen MR) is 98.6 cm³/mol. The molecule has 4 N–H and O–H groups in total. The van der Waals surface area contributed by atoms with Gasteiger partial charge in [-0.05, 0) is 32.1 Å². The zero-order chi connectivity index (χ0) is 19.4. The lowest BCUT2D eigenvalue weighted by atomic mass is 9.90. The zero-order valence-electron chi connectivity index (χ0n) is 15.3. The van der Waals surface area contributed by atoms with E-state index in [1.54, 1.807) is 12.2 Å². The molecule has 0 saturated heterocycles. The molecule has 148 valence electrons. The molecule has 0 aromatic rings. The maximum Gasteiger partial charge on any atom is 0.303 e. The minimum absolute atomic E-state index is 0.0276. The van der Waals surface area contributed by atoms with Crippen LogP contribution in [0, 0.1) is 11.8 Å². The van der Waals surface area contributed by atoms with Gasteiger partial charge in [-0.25, -0.2) is 0 Å². The summed E-state index contributed by atoms with van der Waals surface area (Å²) in [4.78, 5) is 22.6. The fraction of sp³-hybridized carbons (Fsp3) is 0.700. The number of carbonyl (C=O) groups is 2. The highest BCUT2D eigenvalue weighted by Crippen LogP contribution is 2.33. The number of carboxylic acids is 1. The van der Waals surface area contributed by atoms with Crippen molar-refractivity contribution in [3.63, 3.8) is 0 Å². The summed E-state index contributed by atoms with van der Waals surface area (Å²) in [6.07, 6.45) is 10.9. The largest absolute Gasteiger partial charge is 0.481 e. The highest BCUT2D eigenvalue weighted by atomic mass is 16.4. The third-order valence-electron chi connectivity index (χ3n) is 4.76. The first-order valence-electron chi connectivity index (χ1n) is 9.50. The second kappa shape index (κ2) is 12.8. The average Bonchev–Trinajstić information content (AvgIpc) is 2.85. The van der Waals surface area contributed by atoms with Gasteiger partial charge in [-0.2, -0.15) is 0 Å². The summed E-state index contributed by atoms with van der Waals surface area (Å²) < 4.78 is 0. The molecule has 0 aromatic carbocycles. The lowest BCUT2D eigenvalue weighted by molar-refractivity contribution is -0.137. The van der Waals surface area contributed by atoms with Gasteiger partial charge in [0.05, 0.1) is 12.2 Å². The van der Waals surface area contributed by atoms with Gasteiger partial charge in [0.15, 0.2) is 0 Å². The van der Waals surface area contributed by atoms with E-state index in [0.717, 1.165) is 19.3 Å². The Morgan fingerprint density at radius 3 is 2.65 bits per heavy atom. The van der Waals surface area contributed by atoms with Crippen LogP contribution in [0.15, 0.2) is 24.3 Å². The third kappa shape index (κ3) is 8.74. The Bertz CT molecular complexity index is 485. The van der Waals surface area contributed by atoms with Gasteiger partial charge in [0, 0.05) is 31.3 Å². The van der Waals surface area contributed by atoms with Crippen molar-refractivity contribution in [2.75, 3.05) is 6.61 Å². The highest BCUT2D eigenvalue weighted by molar-refractivity contribution is 5.84. The molecule has 6 nitrogen and oxygen atoms in total. The maximum absolute atomic E-state index is 12.1. The van der Waals surface area contributed by atoms with E-state index in [0.29, 0.717) is 25.7 Å². The molecule has 0 bridgehead atoms. The number of hydrogen-bond donors (Lipinski definition) is 4. The van der Waals surface area contributed by atoms with Gasteiger partial charge in [-0.3, -0.25) is 9.59 Å². The van der Waals surface area contributed by atoms with Crippen molar-refractivity contribution >= 4 is 11.8 Å². The summed E-state index contributed by atoms with van der Waals surface area (Å²) in [7, 11) is 0. The number of unbranched alkanes of at least 4 members (excludes halogenated alkanes) is 3. The molecule has 0 aliphatic heterocycles. The Labute approximate surface area is 155 Å². The minimum Gasteiger partial charge on any atom is -0.481 e. The van der Waals surface area contributed by atoms with Crippen molar-refractivity contribution in [3.8, 4) is 0 Å². The number of hydrogen-bond acceptors (Lipinski definition) is 5. The number of aliphatic carboxylic acids is 1. The van der Waals surface area contributed by atoms with Crippen LogP contribution >= 0.6 is 0 Å². The molecule has 0 spiro atoms. The van der Waals surface area contributed by atoms with Crippen molar-refractivity contribution in [2.45, 2.75) is 70.0 Å². The van der Waals surface area contributed by atoms with Crippen LogP contribution < -0.4 is 0 Å². The molecular formula is C20H32O6. The van der Waals surface area contributed by atoms with E-state index in [9.17, 15) is 19.8 Å². The Morgan fingerprint density at radius 1 is 1.19 bits per heavy atom. The highest BCUT2D eigenvalue weighted by Gasteiger charge is 2.39. The first-order valence-corrected chi connectivity index (χ1v) is 9.50. The van der Waals surface area contributed by atoms with Gasteiger partial charge >= 0.3 is 5.97 Å². The van der Waals surface area contributed by atoms with E-state index >= 15 is 0 Å². The lowest BCUT2D eigenvalue weighted by Crippen LogP contribution is -2.18. The topological polar surface area (TPSA) is 115 Å². The van der Waals surface area contributed by atoms with Crippen molar-refractivity contribution in [3.05, 3.63) is 24.3 Å². The number of ketones is 1. The fourth-order valence-corrected chi connectivity index (χ4v) is 3.25. The van der Waals surface area contributed by atoms with Crippen LogP contribution in [-0.4, -0.2) is 51.0 Å². The van der Waals surface area contributed by atoms with Gasteiger partial charge in [0.1, 0.15) is 5.78 Å². The van der Waals surface area contributed by atoms with Crippen LogP contribution in [-0.2, 0) is 9.59 Å². The molecule has 26 heavy (non-hydrogen) atoms. The lowest BCUT2D eigenvalue weighted by Gasteiger charge is -2.16. The number of Topliss-reactive ketones (excluding diaryl/α,β-unsaturated/α-hetero) is 1. The van der Waals surface area contributed by atoms with Crippen LogP contribution in [0.3, 0.4) is 0 Å². The van der Waals surface area contributed by atoms with Crippen molar-refractivity contribution in [1.82, 2.24) is 0 Å². The molecular weight excluding hydrogens is 336 g/mol. The Kier molecular flexibility index (Phi) is 11.1. The summed E-state index contributed by atoms with van der Waals surface area (Å²) in [6, 6.07) is 0. The molecule has 6 heteroatoms. The van der Waals surface area contributed by atoms with E-state index < -0.39 is 18.2 Å². The summed E-state index contributed by atoms with van der Waals surface area (Å²) in [5.74, 6) is -1.37. The van der Waals surface area contributed by atoms with Gasteiger partial charge in [0.25, 0.3) is 0 Å². The van der Waals surface area contributed by atoms with E-state index in [-0.39, 0.29) is 37.1 Å². The molecule has 1 fully saturated rings. The van der Waals surface area contributed by atoms with E-state index in [1.807, 2.05) is 12.2 Å². The van der Waals surface area contributed by atoms with Crippen LogP contribution in [0.2, 0.25) is 0 Å². The molecule has 1 rings (SSSR count). The molecule has 0 unspecified atom stereocenters. The second-order valence-electron chi connectivity index (χ2n) is 6.94. The molecule has 0 amide bonds. The van der Waals surface area contributed by atoms with Gasteiger partial charge in [0.2, 0.25) is 0 Å². The minimum atomic E-state index is -0.812. The van der Waals surface area contributed by atoms with Crippen molar-refractivity contribution < 1.29 is 30.0 Å². The Balaban J connectivity index is 2.45. The quantitative estimate of drug-likeness (QED) is 0.293. The van der Waals surface area contributed by atoms with E-state index in [1.165, 1.54) is 0 Å². The molecule has 1 saturated carbocycles. The molecule has 0 heterocycles. The van der Waals surface area contributed by atoms with Gasteiger partial charge in [-0.15, -0.1) is 0 Å². The standard InChI is InChI=1S/C20H32O6/c21-13-7-3-4-8-15(22)11-12-17-16(18(23)14-19(17)24)9-5-1-2-6-10-20(25)26/h1,5,11-12,15-17,19,21-22,24H,2-4,6-10,13-14H2,(H,25,26)/b5-1+,12-11+/t15-,16+,17+,19+/m0/s1. The fourth-order valence-electron chi connectivity index (χ4n) is 3.25. The molecule has 0 aromatic heterocycles. The molecule has 1 aliphatic rings. The second-order valence-corrected chi connectivity index (χ2v) is 6.94. The Hall–Kier alpha value is -1.50. The monoisotopic (exact) mass is 368 g/mol. The number of allylic oxidation sites excluding steroid dienone is 2. The number of aliphatic hydroxyl groups excluding tert-OH is 3. The van der Waals surface area contributed by atoms with Crippen LogP contribution in [0.5, 0.6) is 0 Å². The maximum atomic E-state index is 12.1. The number of aliphatic hydroxyl groups is 3. The average molecular weight is 368 g/mol. The predicted octanol–water partition coefficient (Wildman–Crippen LogP) is 2.22. The summed E-state index contributed by atoms with van der Waals surface area (Å²) in [5, 5.41) is 37.4. The van der Waals surface area contributed by atoms with E-state index in [4.69, 9.17) is 10.2 Å². The van der Waals surface area contributed by atoms with Gasteiger partial charge in [-0.1, -0.05) is 37.1 Å². The number of rotatable bonds is 13. The third-order valence-corrected chi connectivity index (χ3v) is 4.76. The molecule has 1 aliphatic carbocycles. The smallest absolute Gasteiger partial charge is 0.303 e. The first kappa shape index (κ1) is 22.5. The Morgan fingerprint density at radius 2 is 1.96 bits per heavy atom. The summed E-state index contributed by atoms with van der Waals surface area (Å²) in [5.41, 5.74) is 0. The zero-order valence-corrected chi connectivity index (χ0v) is 15.3. The number of carbonyl (C=O) groups excluding carboxylic acids is 1. The summed E-state index contributed by atoms with van der Waals surface area (Å²) in [6.45, 7) is 0.161. The van der Waals surface area contributed by atoms with Crippen LogP contribution in [0.25, 0.3) is 0 Å².